The molecule has 1 fully saturated rings. The Balaban J connectivity index is 1.64. The Morgan fingerprint density at radius 1 is 1.06 bits per heavy atom. The smallest absolute Gasteiger partial charge is 0.279 e. The van der Waals surface area contributed by atoms with E-state index in [1.807, 2.05) is 29.7 Å². The molecule has 32 heavy (non-hydrogen) atoms. The van der Waals surface area contributed by atoms with Crippen molar-refractivity contribution in [1.29, 1.82) is 0 Å². The summed E-state index contributed by atoms with van der Waals surface area (Å²) in [6.07, 6.45) is 3.88. The third-order valence-electron chi connectivity index (χ3n) is 5.70. The number of carbonyl (C=O) groups is 1. The summed E-state index contributed by atoms with van der Waals surface area (Å²) in [5.41, 5.74) is 1.26. The van der Waals surface area contributed by atoms with E-state index in [9.17, 15) is 13.2 Å². The summed E-state index contributed by atoms with van der Waals surface area (Å²) in [5.74, 6) is 0.328. The molecule has 0 atom stereocenters. The molecule has 1 saturated heterocycles. The van der Waals surface area contributed by atoms with Crippen molar-refractivity contribution in [2.75, 3.05) is 20.2 Å². The van der Waals surface area contributed by atoms with Gasteiger partial charge in [0.05, 0.1) is 16.7 Å². The maximum Gasteiger partial charge on any atom is 0.279 e. The normalized spacial score (nSPS) is 16.2. The van der Waals surface area contributed by atoms with Crippen LogP contribution in [0.3, 0.4) is 0 Å². The first-order chi connectivity index (χ1) is 15.5. The van der Waals surface area contributed by atoms with Crippen LogP contribution in [0, 0.1) is 0 Å². The number of aromatic nitrogens is 1. The van der Waals surface area contributed by atoms with Gasteiger partial charge < -0.3 is 9.30 Å². The van der Waals surface area contributed by atoms with E-state index < -0.39 is 15.9 Å². The first-order valence-corrected chi connectivity index (χ1v) is 13.1. The molecule has 0 saturated carbocycles. The summed E-state index contributed by atoms with van der Waals surface area (Å²) in [4.78, 5) is 18.0. The number of para-hydroxylation sites is 1. The van der Waals surface area contributed by atoms with Crippen LogP contribution in [0.4, 0.5) is 0 Å². The highest BCUT2D eigenvalue weighted by Gasteiger charge is 2.25. The predicted octanol–water partition coefficient (Wildman–Crippen LogP) is 4.04. The molecule has 9 heteroatoms. The summed E-state index contributed by atoms with van der Waals surface area (Å²) in [7, 11) is -1.93. The quantitative estimate of drug-likeness (QED) is 0.560. The van der Waals surface area contributed by atoms with E-state index in [1.54, 1.807) is 23.5 Å². The van der Waals surface area contributed by atoms with Crippen molar-refractivity contribution in [3.8, 4) is 5.75 Å². The Labute approximate surface area is 192 Å². The molecule has 7 nitrogen and oxygen atoms in total. The fraction of sp³-hybridized carbons (Fsp3) is 0.391. The van der Waals surface area contributed by atoms with E-state index in [1.165, 1.54) is 23.5 Å². The first-order valence-electron chi connectivity index (χ1n) is 10.8. The van der Waals surface area contributed by atoms with E-state index in [2.05, 4.69) is 4.99 Å². The molecule has 1 aliphatic heterocycles. The second-order valence-corrected chi connectivity index (χ2v) is 10.6. The molecule has 0 radical (unpaired) electrons. The van der Waals surface area contributed by atoms with E-state index >= 15 is 0 Å². The highest BCUT2D eigenvalue weighted by molar-refractivity contribution is 7.89. The fourth-order valence-corrected chi connectivity index (χ4v) is 6.62. The molecule has 0 unspecified atom stereocenters. The van der Waals surface area contributed by atoms with Crippen LogP contribution in [0.2, 0.25) is 0 Å². The Bertz CT molecular complexity index is 1280. The topological polar surface area (TPSA) is 81.0 Å². The lowest BCUT2D eigenvalue weighted by Crippen LogP contribution is -2.31. The molecule has 4 rings (SSSR count). The van der Waals surface area contributed by atoms with E-state index in [-0.39, 0.29) is 4.90 Å². The average molecular weight is 474 g/mol. The Hall–Kier alpha value is -2.49. The van der Waals surface area contributed by atoms with Gasteiger partial charge in [0.25, 0.3) is 5.91 Å². The third-order valence-corrected chi connectivity index (χ3v) is 8.66. The fourth-order valence-electron chi connectivity index (χ4n) is 3.99. The molecular formula is C23H27N3O4S2. The number of benzene rings is 2. The van der Waals surface area contributed by atoms with Crippen molar-refractivity contribution >= 4 is 37.5 Å². The zero-order chi connectivity index (χ0) is 22.7. The maximum atomic E-state index is 13.0. The van der Waals surface area contributed by atoms with Gasteiger partial charge in [0.2, 0.25) is 10.0 Å². The number of nitrogens with zero attached hydrogens (tertiary/aromatic N) is 3. The molecule has 0 aliphatic carbocycles. The lowest BCUT2D eigenvalue weighted by molar-refractivity contribution is 0.0997. The molecule has 1 amide bonds. The van der Waals surface area contributed by atoms with E-state index in [0.29, 0.717) is 30.0 Å². The van der Waals surface area contributed by atoms with Gasteiger partial charge in [-0.05, 0) is 56.2 Å². The first kappa shape index (κ1) is 22.7. The minimum Gasteiger partial charge on any atom is -0.495 e. The highest BCUT2D eigenvalue weighted by atomic mass is 32.2. The standard InChI is InChI=1S/C23H27N3O4S2/c1-3-26-21-19(30-2)9-8-10-20(21)31-23(26)24-22(27)17-11-13-18(14-12-17)32(28,29)25-15-6-4-5-7-16-25/h8-14H,3-7,15-16H2,1-2H3. The minimum absolute atomic E-state index is 0.214. The van der Waals surface area contributed by atoms with Gasteiger partial charge >= 0.3 is 0 Å². The van der Waals surface area contributed by atoms with Crippen molar-refractivity contribution < 1.29 is 17.9 Å². The second kappa shape index (κ2) is 9.56. The van der Waals surface area contributed by atoms with Crippen molar-refractivity contribution in [1.82, 2.24) is 8.87 Å². The maximum absolute atomic E-state index is 13.0. The Morgan fingerprint density at radius 2 is 1.75 bits per heavy atom. The molecule has 3 aromatic rings. The van der Waals surface area contributed by atoms with Crippen LogP contribution in [0.1, 0.15) is 43.0 Å². The molecule has 2 aromatic carbocycles. The molecule has 1 aliphatic rings. The molecule has 0 N–H and O–H groups in total. The SMILES string of the molecule is CCn1c(=NC(=O)c2ccc(S(=O)(=O)N3CCCCCC3)cc2)sc2cccc(OC)c21. The van der Waals surface area contributed by atoms with Crippen LogP contribution in [-0.2, 0) is 16.6 Å². The summed E-state index contributed by atoms with van der Waals surface area (Å²) >= 11 is 1.42. The van der Waals surface area contributed by atoms with Gasteiger partial charge in [-0.2, -0.15) is 9.30 Å². The average Bonchev–Trinajstić information content (AvgIpc) is 2.96. The summed E-state index contributed by atoms with van der Waals surface area (Å²) in [6, 6.07) is 11.9. The van der Waals surface area contributed by atoms with Crippen LogP contribution >= 0.6 is 11.3 Å². The van der Waals surface area contributed by atoms with E-state index in [4.69, 9.17) is 4.74 Å². The van der Waals surface area contributed by atoms with Gasteiger partial charge in [-0.3, -0.25) is 4.79 Å². The second-order valence-electron chi connectivity index (χ2n) is 7.70. The number of methoxy groups -OCH3 is 1. The zero-order valence-corrected chi connectivity index (χ0v) is 19.9. The molecule has 1 aromatic heterocycles. The third kappa shape index (κ3) is 4.37. The number of ether oxygens (including phenoxy) is 1. The van der Waals surface area contributed by atoms with Gasteiger partial charge in [0, 0.05) is 25.2 Å². The summed E-state index contributed by atoms with van der Waals surface area (Å²) in [5, 5.41) is 0. The highest BCUT2D eigenvalue weighted by Crippen LogP contribution is 2.27. The Morgan fingerprint density at radius 3 is 2.38 bits per heavy atom. The zero-order valence-electron chi connectivity index (χ0n) is 18.3. The number of sulfonamides is 1. The van der Waals surface area contributed by atoms with Crippen molar-refractivity contribution in [2.45, 2.75) is 44.0 Å². The molecule has 170 valence electrons. The number of thiazole rings is 1. The number of amides is 1. The van der Waals surface area contributed by atoms with Gasteiger partial charge in [0.15, 0.2) is 4.80 Å². The monoisotopic (exact) mass is 473 g/mol. The van der Waals surface area contributed by atoms with Gasteiger partial charge in [-0.15, -0.1) is 0 Å². The molecule has 0 spiro atoms. The molecular weight excluding hydrogens is 446 g/mol. The number of fused-ring (bicyclic) bond motifs is 1. The predicted molar refractivity (Wildman–Crippen MR) is 126 cm³/mol. The van der Waals surface area contributed by atoms with Crippen molar-refractivity contribution in [3.05, 3.63) is 52.8 Å². The van der Waals surface area contributed by atoms with E-state index in [0.717, 1.165) is 41.6 Å². The lowest BCUT2D eigenvalue weighted by atomic mass is 10.2. The van der Waals surface area contributed by atoms with Crippen molar-refractivity contribution in [2.24, 2.45) is 4.99 Å². The van der Waals surface area contributed by atoms with Gasteiger partial charge in [-0.25, -0.2) is 8.42 Å². The van der Waals surface area contributed by atoms with Gasteiger partial charge in [0.1, 0.15) is 11.3 Å². The number of rotatable bonds is 5. The largest absolute Gasteiger partial charge is 0.495 e. The minimum atomic E-state index is -3.55. The van der Waals surface area contributed by atoms with Crippen LogP contribution in [0.25, 0.3) is 10.2 Å². The number of hydrogen-bond acceptors (Lipinski definition) is 5. The van der Waals surface area contributed by atoms with Crippen LogP contribution < -0.4 is 9.54 Å². The Kier molecular flexibility index (Phi) is 6.78. The van der Waals surface area contributed by atoms with Crippen LogP contribution in [-0.4, -0.2) is 43.4 Å². The number of carbonyl (C=O) groups excluding carboxylic acids is 1. The van der Waals surface area contributed by atoms with Gasteiger partial charge in [-0.1, -0.05) is 30.2 Å². The van der Waals surface area contributed by atoms with Crippen LogP contribution in [0.5, 0.6) is 5.75 Å². The van der Waals surface area contributed by atoms with Crippen molar-refractivity contribution in [3.63, 3.8) is 0 Å². The summed E-state index contributed by atoms with van der Waals surface area (Å²) in [6.45, 7) is 3.72. The number of aryl methyl sites for hydroxylation is 1. The lowest BCUT2D eigenvalue weighted by Gasteiger charge is -2.19. The number of hydrogen-bond donors (Lipinski definition) is 0. The summed E-state index contributed by atoms with van der Waals surface area (Å²) < 4.78 is 35.9. The molecule has 2 heterocycles. The molecule has 0 bridgehead atoms. The van der Waals surface area contributed by atoms with Crippen LogP contribution in [0.15, 0.2) is 52.4 Å².